The van der Waals surface area contributed by atoms with Crippen molar-refractivity contribution in [1.29, 1.82) is 0 Å². The lowest BCUT2D eigenvalue weighted by Gasteiger charge is -2.32. The first-order valence-electron chi connectivity index (χ1n) is 8.29. The Morgan fingerprint density at radius 2 is 1.76 bits per heavy atom. The molecule has 0 aromatic heterocycles. The van der Waals surface area contributed by atoms with E-state index in [4.69, 9.17) is 5.73 Å². The highest BCUT2D eigenvalue weighted by Crippen LogP contribution is 2.07. The summed E-state index contributed by atoms with van der Waals surface area (Å²) in [4.78, 5) is 18.9. The summed E-state index contributed by atoms with van der Waals surface area (Å²) in [7, 11) is 2.17. The number of hydrogen-bond donors (Lipinski definition) is 2. The molecule has 0 spiro atoms. The fourth-order valence-corrected chi connectivity index (χ4v) is 2.97. The van der Waals surface area contributed by atoms with Gasteiger partial charge in [0.25, 0.3) is 0 Å². The summed E-state index contributed by atoms with van der Waals surface area (Å²) in [5.74, 6) is 0.156. The second-order valence-electron chi connectivity index (χ2n) is 6.46. The summed E-state index contributed by atoms with van der Waals surface area (Å²) in [6, 6.07) is 0.327. The molecule has 0 radical (unpaired) electrons. The Labute approximate surface area is 128 Å². The monoisotopic (exact) mass is 297 g/mol. The average molecular weight is 297 g/mol. The summed E-state index contributed by atoms with van der Waals surface area (Å²) in [6.45, 7) is 8.93. The highest BCUT2D eigenvalue weighted by molar-refractivity contribution is 5.77. The zero-order chi connectivity index (χ0) is 15.1. The molecular weight excluding hydrogens is 266 g/mol. The molecule has 3 N–H and O–H groups in total. The summed E-state index contributed by atoms with van der Waals surface area (Å²) in [6.07, 6.45) is 3.06. The van der Waals surface area contributed by atoms with Gasteiger partial charge in [0.15, 0.2) is 0 Å². The first-order chi connectivity index (χ1) is 10.1. The van der Waals surface area contributed by atoms with Gasteiger partial charge < -0.3 is 20.9 Å². The van der Waals surface area contributed by atoms with E-state index in [1.165, 1.54) is 0 Å². The summed E-state index contributed by atoms with van der Waals surface area (Å²) >= 11 is 0. The van der Waals surface area contributed by atoms with Crippen LogP contribution in [-0.4, -0.2) is 92.6 Å². The first-order valence-corrected chi connectivity index (χ1v) is 8.29. The lowest BCUT2D eigenvalue weighted by Crippen LogP contribution is -2.46. The number of carbonyl (C=O) groups excluding carboxylic acids is 1. The molecule has 1 amide bonds. The summed E-state index contributed by atoms with van der Waals surface area (Å²) in [5.41, 5.74) is 5.87. The number of likely N-dealkylation sites (tertiary alicyclic amines) is 1. The molecule has 2 fully saturated rings. The second kappa shape index (κ2) is 8.68. The van der Waals surface area contributed by atoms with E-state index in [0.29, 0.717) is 12.6 Å². The fourth-order valence-electron chi connectivity index (χ4n) is 2.97. The number of nitrogens with one attached hydrogen (secondary N) is 1. The highest BCUT2D eigenvalue weighted by Gasteiger charge is 2.18. The SMILES string of the molecule is CN1CCN(CCCNC(=O)CN2CCC(N)CC2)CC1. The number of hydrogen-bond acceptors (Lipinski definition) is 5. The van der Waals surface area contributed by atoms with E-state index in [-0.39, 0.29) is 5.91 Å². The number of nitrogens with two attached hydrogens (primary N) is 1. The smallest absolute Gasteiger partial charge is 0.234 e. The third kappa shape index (κ3) is 6.30. The van der Waals surface area contributed by atoms with Gasteiger partial charge in [0.05, 0.1) is 6.54 Å². The maximum atomic E-state index is 11.9. The Morgan fingerprint density at radius 1 is 1.10 bits per heavy atom. The minimum Gasteiger partial charge on any atom is -0.355 e. The molecule has 0 unspecified atom stereocenters. The van der Waals surface area contributed by atoms with E-state index < -0.39 is 0 Å². The second-order valence-corrected chi connectivity index (χ2v) is 6.46. The van der Waals surface area contributed by atoms with Gasteiger partial charge in [0, 0.05) is 51.9 Å². The van der Waals surface area contributed by atoms with Crippen LogP contribution in [-0.2, 0) is 4.79 Å². The molecule has 0 aromatic carbocycles. The molecule has 2 rings (SSSR count). The van der Waals surface area contributed by atoms with Crippen molar-refractivity contribution in [2.24, 2.45) is 5.73 Å². The van der Waals surface area contributed by atoms with Gasteiger partial charge in [-0.15, -0.1) is 0 Å². The maximum Gasteiger partial charge on any atom is 0.234 e. The van der Waals surface area contributed by atoms with Crippen LogP contribution in [0.25, 0.3) is 0 Å². The molecule has 122 valence electrons. The van der Waals surface area contributed by atoms with Crippen LogP contribution in [0.15, 0.2) is 0 Å². The molecule has 0 bridgehead atoms. The molecular formula is C15H31N5O. The predicted molar refractivity (Wildman–Crippen MR) is 85.2 cm³/mol. The number of carbonyl (C=O) groups is 1. The van der Waals surface area contributed by atoms with Crippen molar-refractivity contribution in [3.63, 3.8) is 0 Å². The van der Waals surface area contributed by atoms with E-state index >= 15 is 0 Å². The Kier molecular flexibility index (Phi) is 6.89. The maximum absolute atomic E-state index is 11.9. The predicted octanol–water partition coefficient (Wildman–Crippen LogP) is -0.837. The van der Waals surface area contributed by atoms with Gasteiger partial charge in [-0.1, -0.05) is 0 Å². The van der Waals surface area contributed by atoms with Crippen LogP contribution < -0.4 is 11.1 Å². The third-order valence-corrected chi connectivity index (χ3v) is 4.57. The Morgan fingerprint density at radius 3 is 2.43 bits per heavy atom. The molecule has 2 heterocycles. The van der Waals surface area contributed by atoms with Gasteiger partial charge in [-0.25, -0.2) is 0 Å². The van der Waals surface area contributed by atoms with E-state index in [0.717, 1.165) is 71.6 Å². The van der Waals surface area contributed by atoms with Crippen molar-refractivity contribution in [3.8, 4) is 0 Å². The number of rotatable bonds is 6. The number of nitrogens with zero attached hydrogens (tertiary/aromatic N) is 3. The van der Waals surface area contributed by atoms with Crippen molar-refractivity contribution in [2.45, 2.75) is 25.3 Å². The lowest BCUT2D eigenvalue weighted by molar-refractivity contribution is -0.122. The Balaban J connectivity index is 1.49. The van der Waals surface area contributed by atoms with Crippen molar-refractivity contribution in [1.82, 2.24) is 20.0 Å². The van der Waals surface area contributed by atoms with Gasteiger partial charge in [0.2, 0.25) is 5.91 Å². The van der Waals surface area contributed by atoms with Gasteiger partial charge >= 0.3 is 0 Å². The first kappa shape index (κ1) is 16.7. The molecule has 6 heteroatoms. The summed E-state index contributed by atoms with van der Waals surface area (Å²) in [5, 5.41) is 3.04. The van der Waals surface area contributed by atoms with Crippen molar-refractivity contribution < 1.29 is 4.79 Å². The minimum absolute atomic E-state index is 0.156. The van der Waals surface area contributed by atoms with E-state index in [1.54, 1.807) is 0 Å². The molecule has 0 aromatic rings. The van der Waals surface area contributed by atoms with Crippen molar-refractivity contribution >= 4 is 5.91 Å². The van der Waals surface area contributed by atoms with Crippen molar-refractivity contribution in [3.05, 3.63) is 0 Å². The quantitative estimate of drug-likeness (QED) is 0.626. The molecule has 21 heavy (non-hydrogen) atoms. The number of piperazine rings is 1. The van der Waals surface area contributed by atoms with Crippen molar-refractivity contribution in [2.75, 3.05) is 66.0 Å². The van der Waals surface area contributed by atoms with Crippen LogP contribution in [0.2, 0.25) is 0 Å². The van der Waals surface area contributed by atoms with Crippen LogP contribution in [0.1, 0.15) is 19.3 Å². The van der Waals surface area contributed by atoms with Crippen LogP contribution in [0.3, 0.4) is 0 Å². The molecule has 0 aliphatic carbocycles. The Hall–Kier alpha value is -0.690. The minimum atomic E-state index is 0.156. The topological polar surface area (TPSA) is 64.8 Å². The number of likely N-dealkylation sites (N-methyl/N-ethyl adjacent to an activating group) is 1. The van der Waals surface area contributed by atoms with Crippen LogP contribution in [0.4, 0.5) is 0 Å². The molecule has 2 aliphatic rings. The van der Waals surface area contributed by atoms with Crippen LogP contribution in [0, 0.1) is 0 Å². The average Bonchev–Trinajstić information content (AvgIpc) is 2.48. The van der Waals surface area contributed by atoms with Crippen LogP contribution in [0.5, 0.6) is 0 Å². The fraction of sp³-hybridized carbons (Fsp3) is 0.933. The largest absolute Gasteiger partial charge is 0.355 e. The molecule has 0 saturated carbocycles. The molecule has 2 saturated heterocycles. The zero-order valence-electron chi connectivity index (χ0n) is 13.4. The molecule has 0 atom stereocenters. The van der Waals surface area contributed by atoms with Gasteiger partial charge in [-0.3, -0.25) is 9.69 Å². The number of amides is 1. The Bertz CT molecular complexity index is 309. The van der Waals surface area contributed by atoms with E-state index in [9.17, 15) is 4.79 Å². The van der Waals surface area contributed by atoms with E-state index in [2.05, 4.69) is 27.1 Å². The third-order valence-electron chi connectivity index (χ3n) is 4.57. The van der Waals surface area contributed by atoms with Gasteiger partial charge in [-0.05, 0) is 32.9 Å². The van der Waals surface area contributed by atoms with Gasteiger partial charge in [0.1, 0.15) is 0 Å². The number of piperidine rings is 1. The highest BCUT2D eigenvalue weighted by atomic mass is 16.2. The summed E-state index contributed by atoms with van der Waals surface area (Å²) < 4.78 is 0. The normalized spacial score (nSPS) is 23.3. The van der Waals surface area contributed by atoms with Crippen LogP contribution >= 0.6 is 0 Å². The molecule has 2 aliphatic heterocycles. The van der Waals surface area contributed by atoms with E-state index in [1.807, 2.05) is 0 Å². The molecule has 6 nitrogen and oxygen atoms in total. The van der Waals surface area contributed by atoms with Gasteiger partial charge in [-0.2, -0.15) is 0 Å². The zero-order valence-corrected chi connectivity index (χ0v) is 13.4. The lowest BCUT2D eigenvalue weighted by atomic mass is 10.1. The standard InChI is InChI=1S/C15H31N5O/c1-18-9-11-19(12-10-18)6-2-5-17-15(21)13-20-7-3-14(16)4-8-20/h14H,2-13,16H2,1H3,(H,17,21).